The fraction of sp³-hybridized carbons (Fsp3) is 0.120. The molecule has 0 heterocycles. The molecule has 36 heavy (non-hydrogen) atoms. The Morgan fingerprint density at radius 3 is 2.28 bits per heavy atom. The van der Waals surface area contributed by atoms with Crippen LogP contribution in [0.25, 0.3) is 0 Å². The van der Waals surface area contributed by atoms with E-state index in [1.54, 1.807) is 24.3 Å². The van der Waals surface area contributed by atoms with Crippen molar-refractivity contribution < 1.29 is 33.0 Å². The van der Waals surface area contributed by atoms with E-state index >= 15 is 0 Å². The van der Waals surface area contributed by atoms with Gasteiger partial charge in [0.25, 0.3) is 11.8 Å². The quantitative estimate of drug-likeness (QED) is 0.179. The summed E-state index contributed by atoms with van der Waals surface area (Å²) < 4.78 is 29.5. The van der Waals surface area contributed by atoms with E-state index in [0.29, 0.717) is 21.5 Å². The highest BCUT2D eigenvalue weighted by Crippen LogP contribution is 2.29. The van der Waals surface area contributed by atoms with E-state index in [9.17, 15) is 18.8 Å². The van der Waals surface area contributed by atoms with Gasteiger partial charge < -0.3 is 19.5 Å². The number of amides is 2. The topological polar surface area (TPSA) is 115 Å². The molecule has 0 aliphatic rings. The summed E-state index contributed by atoms with van der Waals surface area (Å²) in [5.74, 6) is -1.21. The molecule has 0 aromatic heterocycles. The molecule has 3 aromatic rings. The molecular formula is C25H21BrFN3O6. The summed E-state index contributed by atoms with van der Waals surface area (Å²) in [4.78, 5) is 36.7. The van der Waals surface area contributed by atoms with Crippen molar-refractivity contribution in [2.24, 2.45) is 5.10 Å². The van der Waals surface area contributed by atoms with Crippen LogP contribution in [0.15, 0.2) is 70.2 Å². The molecule has 0 aliphatic carbocycles. The maximum absolute atomic E-state index is 13.0. The maximum atomic E-state index is 13.0. The van der Waals surface area contributed by atoms with Crippen molar-refractivity contribution in [2.45, 2.75) is 0 Å². The number of rotatable bonds is 9. The van der Waals surface area contributed by atoms with E-state index in [2.05, 4.69) is 31.8 Å². The van der Waals surface area contributed by atoms with Crippen molar-refractivity contribution in [3.63, 3.8) is 0 Å². The van der Waals surface area contributed by atoms with Gasteiger partial charge >= 0.3 is 5.97 Å². The number of halogens is 2. The van der Waals surface area contributed by atoms with Gasteiger partial charge in [-0.25, -0.2) is 14.6 Å². The van der Waals surface area contributed by atoms with E-state index in [-0.39, 0.29) is 23.4 Å². The van der Waals surface area contributed by atoms with Crippen LogP contribution in [0.3, 0.4) is 0 Å². The zero-order chi connectivity index (χ0) is 26.1. The standard InChI is InChI=1S/C25H21BrFN3O6/c1-34-21-9-5-16(12-22(21)35-2)25(33)36-20-10-6-18(26)11-17(20)13-29-30-23(31)14-28-24(32)15-3-7-19(27)8-4-15/h3-13H,14H2,1-2H3,(H,28,32)(H,30,31). The molecule has 11 heteroatoms. The first kappa shape index (κ1) is 26.4. The predicted molar refractivity (Wildman–Crippen MR) is 133 cm³/mol. The molecule has 2 amide bonds. The van der Waals surface area contributed by atoms with Crippen LogP contribution in [0.4, 0.5) is 4.39 Å². The summed E-state index contributed by atoms with van der Waals surface area (Å²) in [5, 5.41) is 6.27. The Labute approximate surface area is 214 Å². The molecular weight excluding hydrogens is 537 g/mol. The molecule has 0 spiro atoms. The molecule has 9 nitrogen and oxygen atoms in total. The predicted octanol–water partition coefficient (Wildman–Crippen LogP) is 3.70. The van der Waals surface area contributed by atoms with E-state index < -0.39 is 23.6 Å². The fourth-order valence-corrected chi connectivity index (χ4v) is 3.29. The second-order valence-electron chi connectivity index (χ2n) is 7.12. The summed E-state index contributed by atoms with van der Waals surface area (Å²) in [5.41, 5.74) is 3.12. The smallest absolute Gasteiger partial charge is 0.343 e. The van der Waals surface area contributed by atoms with Gasteiger partial charge in [0.2, 0.25) is 0 Å². The highest BCUT2D eigenvalue weighted by Gasteiger charge is 2.15. The van der Waals surface area contributed by atoms with Crippen LogP contribution < -0.4 is 25.0 Å². The summed E-state index contributed by atoms with van der Waals surface area (Å²) >= 11 is 3.34. The van der Waals surface area contributed by atoms with Crippen LogP contribution in [0, 0.1) is 5.82 Å². The van der Waals surface area contributed by atoms with Gasteiger partial charge in [0.15, 0.2) is 11.5 Å². The number of carbonyl (C=O) groups excluding carboxylic acids is 3. The van der Waals surface area contributed by atoms with Crippen molar-refractivity contribution in [2.75, 3.05) is 20.8 Å². The minimum absolute atomic E-state index is 0.195. The number of carbonyl (C=O) groups is 3. The van der Waals surface area contributed by atoms with Crippen LogP contribution in [-0.2, 0) is 4.79 Å². The lowest BCUT2D eigenvalue weighted by atomic mass is 10.2. The molecule has 0 saturated carbocycles. The highest BCUT2D eigenvalue weighted by atomic mass is 79.9. The van der Waals surface area contributed by atoms with Gasteiger partial charge in [-0.1, -0.05) is 15.9 Å². The van der Waals surface area contributed by atoms with E-state index in [1.165, 1.54) is 44.7 Å². The molecule has 0 radical (unpaired) electrons. The number of esters is 1. The van der Waals surface area contributed by atoms with Gasteiger partial charge in [0.1, 0.15) is 11.6 Å². The lowest BCUT2D eigenvalue weighted by Gasteiger charge is -2.11. The average molecular weight is 558 g/mol. The van der Waals surface area contributed by atoms with Crippen LogP contribution in [0.2, 0.25) is 0 Å². The number of benzene rings is 3. The molecule has 0 atom stereocenters. The molecule has 0 fully saturated rings. The van der Waals surface area contributed by atoms with Crippen molar-refractivity contribution >= 4 is 39.9 Å². The highest BCUT2D eigenvalue weighted by molar-refractivity contribution is 9.10. The second kappa shape index (κ2) is 12.5. The Balaban J connectivity index is 1.62. The molecule has 0 bridgehead atoms. The number of hydrogen-bond donors (Lipinski definition) is 2. The number of ether oxygens (including phenoxy) is 3. The first-order valence-corrected chi connectivity index (χ1v) is 11.2. The van der Waals surface area contributed by atoms with Crippen LogP contribution in [-0.4, -0.2) is 44.8 Å². The molecule has 186 valence electrons. The van der Waals surface area contributed by atoms with Crippen LogP contribution in [0.1, 0.15) is 26.3 Å². The number of methoxy groups -OCH3 is 2. The van der Waals surface area contributed by atoms with Crippen LogP contribution >= 0.6 is 15.9 Å². The third-order valence-electron chi connectivity index (χ3n) is 4.70. The van der Waals surface area contributed by atoms with Crippen molar-refractivity contribution in [1.29, 1.82) is 0 Å². The lowest BCUT2D eigenvalue weighted by Crippen LogP contribution is -2.34. The Kier molecular flexibility index (Phi) is 9.12. The van der Waals surface area contributed by atoms with Gasteiger partial charge in [-0.3, -0.25) is 9.59 Å². The largest absolute Gasteiger partial charge is 0.493 e. The van der Waals surface area contributed by atoms with Crippen molar-refractivity contribution in [3.8, 4) is 17.2 Å². The minimum Gasteiger partial charge on any atom is -0.493 e. The van der Waals surface area contributed by atoms with Crippen molar-refractivity contribution in [1.82, 2.24) is 10.7 Å². The first-order chi connectivity index (χ1) is 17.3. The third kappa shape index (κ3) is 7.12. The Morgan fingerprint density at radius 2 is 1.58 bits per heavy atom. The summed E-state index contributed by atoms with van der Waals surface area (Å²) in [6.07, 6.45) is 1.29. The molecule has 0 aliphatic heterocycles. The van der Waals surface area contributed by atoms with Crippen LogP contribution in [0.5, 0.6) is 17.2 Å². The van der Waals surface area contributed by atoms with Crippen molar-refractivity contribution in [3.05, 3.63) is 87.6 Å². The van der Waals surface area contributed by atoms with E-state index in [0.717, 1.165) is 12.1 Å². The van der Waals surface area contributed by atoms with E-state index in [1.807, 2.05) is 0 Å². The van der Waals surface area contributed by atoms with Gasteiger partial charge in [-0.15, -0.1) is 0 Å². The molecule has 0 saturated heterocycles. The van der Waals surface area contributed by atoms with Gasteiger partial charge in [0.05, 0.1) is 32.5 Å². The molecule has 3 aromatic carbocycles. The summed E-state index contributed by atoms with van der Waals surface area (Å²) in [7, 11) is 2.94. The van der Waals surface area contributed by atoms with Gasteiger partial charge in [0, 0.05) is 15.6 Å². The van der Waals surface area contributed by atoms with E-state index in [4.69, 9.17) is 14.2 Å². The number of nitrogens with one attached hydrogen (secondary N) is 2. The minimum atomic E-state index is -0.638. The maximum Gasteiger partial charge on any atom is 0.343 e. The second-order valence-corrected chi connectivity index (χ2v) is 8.04. The third-order valence-corrected chi connectivity index (χ3v) is 5.20. The summed E-state index contributed by atoms with van der Waals surface area (Å²) in [6.45, 7) is -0.354. The molecule has 3 rings (SSSR count). The molecule has 2 N–H and O–H groups in total. The summed E-state index contributed by atoms with van der Waals surface area (Å²) in [6, 6.07) is 14.4. The Bertz CT molecular complexity index is 1300. The first-order valence-electron chi connectivity index (χ1n) is 10.4. The number of hydrogen-bond acceptors (Lipinski definition) is 7. The number of hydrazone groups is 1. The normalized spacial score (nSPS) is 10.6. The SMILES string of the molecule is COc1ccc(C(=O)Oc2ccc(Br)cc2C=NNC(=O)CNC(=O)c2ccc(F)cc2)cc1OC. The van der Waals surface area contributed by atoms with Gasteiger partial charge in [-0.05, 0) is 60.7 Å². The van der Waals surface area contributed by atoms with Gasteiger partial charge in [-0.2, -0.15) is 5.10 Å². The average Bonchev–Trinajstić information content (AvgIpc) is 2.88. The monoisotopic (exact) mass is 557 g/mol. The zero-order valence-corrected chi connectivity index (χ0v) is 20.8. The lowest BCUT2D eigenvalue weighted by molar-refractivity contribution is -0.120. The zero-order valence-electron chi connectivity index (χ0n) is 19.2. The number of nitrogens with zero attached hydrogens (tertiary/aromatic N) is 1. The Hall–Kier alpha value is -4.25. The fourth-order valence-electron chi connectivity index (χ4n) is 2.91. The Morgan fingerprint density at radius 1 is 0.917 bits per heavy atom. The molecule has 0 unspecified atom stereocenters.